The van der Waals surface area contributed by atoms with E-state index >= 15 is 0 Å². The van der Waals surface area contributed by atoms with Crippen LogP contribution in [-0.2, 0) is 26.8 Å². The Morgan fingerprint density at radius 1 is 1.07 bits per heavy atom. The molecule has 0 aliphatic heterocycles. The number of carbonyl (C=O) groups excluding carboxylic acids is 2. The lowest BCUT2D eigenvalue weighted by Gasteiger charge is -2.09. The van der Waals surface area contributed by atoms with E-state index in [0.29, 0.717) is 23.6 Å². The standard InChI is InChI=1S/C20H23NO5S/c1-3-27(24)18-7-5-4-6-17(18)20(23)26-14-19(22)21-13-12-15-8-10-16(25-2)11-9-15/h4-11H,3,12-14H2,1-2H3,(H,21,22)/t27-/m0/s1. The predicted octanol–water partition coefficient (Wildman–Crippen LogP) is 2.34. The number of benzene rings is 2. The van der Waals surface area contributed by atoms with Gasteiger partial charge in [0, 0.05) is 12.3 Å². The minimum Gasteiger partial charge on any atom is -0.497 e. The molecule has 6 nitrogen and oxygen atoms in total. The van der Waals surface area contributed by atoms with E-state index in [0.717, 1.165) is 11.3 Å². The number of amides is 1. The highest BCUT2D eigenvalue weighted by Crippen LogP contribution is 2.15. The lowest BCUT2D eigenvalue weighted by atomic mass is 10.1. The number of ether oxygens (including phenoxy) is 2. The Labute approximate surface area is 161 Å². The molecule has 0 radical (unpaired) electrons. The number of carbonyl (C=O) groups is 2. The zero-order valence-corrected chi connectivity index (χ0v) is 16.2. The quantitative estimate of drug-likeness (QED) is 0.666. The summed E-state index contributed by atoms with van der Waals surface area (Å²) < 4.78 is 22.2. The second kappa shape index (κ2) is 10.5. The second-order valence-corrected chi connectivity index (χ2v) is 7.36. The van der Waals surface area contributed by atoms with Crippen molar-refractivity contribution < 1.29 is 23.3 Å². The van der Waals surface area contributed by atoms with Crippen LogP contribution in [0.3, 0.4) is 0 Å². The van der Waals surface area contributed by atoms with Crippen molar-refractivity contribution in [3.8, 4) is 5.75 Å². The monoisotopic (exact) mass is 389 g/mol. The zero-order valence-electron chi connectivity index (χ0n) is 15.4. The molecule has 0 fully saturated rings. The van der Waals surface area contributed by atoms with E-state index in [-0.39, 0.29) is 18.1 Å². The van der Waals surface area contributed by atoms with Crippen LogP contribution in [0.4, 0.5) is 0 Å². The third-order valence-corrected chi connectivity index (χ3v) is 5.21. The summed E-state index contributed by atoms with van der Waals surface area (Å²) in [7, 11) is 0.330. The molecule has 7 heteroatoms. The maximum absolute atomic E-state index is 12.2. The maximum atomic E-state index is 12.2. The van der Waals surface area contributed by atoms with E-state index < -0.39 is 16.8 Å². The molecule has 0 bridgehead atoms. The van der Waals surface area contributed by atoms with Crippen LogP contribution in [0.1, 0.15) is 22.8 Å². The van der Waals surface area contributed by atoms with Gasteiger partial charge in [-0.2, -0.15) is 0 Å². The molecule has 0 saturated carbocycles. The van der Waals surface area contributed by atoms with Crippen molar-refractivity contribution in [1.82, 2.24) is 5.32 Å². The summed E-state index contributed by atoms with van der Waals surface area (Å²) in [5, 5.41) is 2.71. The Kier molecular flexibility index (Phi) is 8.00. The summed E-state index contributed by atoms with van der Waals surface area (Å²) in [6.07, 6.45) is 0.655. The fourth-order valence-electron chi connectivity index (χ4n) is 2.39. The lowest BCUT2D eigenvalue weighted by molar-refractivity contribution is -0.124. The molecule has 1 atom stereocenters. The van der Waals surface area contributed by atoms with Crippen molar-refractivity contribution in [2.75, 3.05) is 26.0 Å². The fraction of sp³-hybridized carbons (Fsp3) is 0.300. The molecule has 2 rings (SSSR count). The SMILES string of the molecule is CC[S@](=O)c1ccccc1C(=O)OCC(=O)NCCc1ccc(OC)cc1. The normalized spacial score (nSPS) is 11.5. The van der Waals surface area contributed by atoms with E-state index in [9.17, 15) is 13.8 Å². The highest BCUT2D eigenvalue weighted by molar-refractivity contribution is 7.85. The first-order valence-corrected chi connectivity index (χ1v) is 9.91. The van der Waals surface area contributed by atoms with Crippen molar-refractivity contribution in [3.63, 3.8) is 0 Å². The van der Waals surface area contributed by atoms with Gasteiger partial charge in [0.1, 0.15) is 5.75 Å². The lowest BCUT2D eigenvalue weighted by Crippen LogP contribution is -2.30. The van der Waals surface area contributed by atoms with Crippen molar-refractivity contribution >= 4 is 22.7 Å². The molecule has 2 aromatic carbocycles. The molecule has 0 unspecified atom stereocenters. The molecule has 27 heavy (non-hydrogen) atoms. The van der Waals surface area contributed by atoms with Gasteiger partial charge >= 0.3 is 5.97 Å². The average molecular weight is 389 g/mol. The van der Waals surface area contributed by atoms with Gasteiger partial charge in [0.25, 0.3) is 5.91 Å². The average Bonchev–Trinajstić information content (AvgIpc) is 2.72. The van der Waals surface area contributed by atoms with Crippen LogP contribution >= 0.6 is 0 Å². The summed E-state index contributed by atoms with van der Waals surface area (Å²) in [5.74, 6) is 0.138. The van der Waals surface area contributed by atoms with Gasteiger partial charge in [-0.1, -0.05) is 31.2 Å². The van der Waals surface area contributed by atoms with Gasteiger partial charge in [-0.05, 0) is 36.2 Å². The topological polar surface area (TPSA) is 81.7 Å². The molecule has 0 spiro atoms. The predicted molar refractivity (Wildman–Crippen MR) is 103 cm³/mol. The van der Waals surface area contributed by atoms with Gasteiger partial charge < -0.3 is 14.8 Å². The van der Waals surface area contributed by atoms with E-state index in [4.69, 9.17) is 9.47 Å². The fourth-order valence-corrected chi connectivity index (χ4v) is 3.33. The summed E-state index contributed by atoms with van der Waals surface area (Å²) in [4.78, 5) is 24.5. The van der Waals surface area contributed by atoms with Crippen LogP contribution in [0.5, 0.6) is 5.75 Å². The highest BCUT2D eigenvalue weighted by atomic mass is 32.2. The van der Waals surface area contributed by atoms with E-state index in [1.54, 1.807) is 38.3 Å². The third-order valence-electron chi connectivity index (χ3n) is 3.84. The number of nitrogens with one attached hydrogen (secondary N) is 1. The van der Waals surface area contributed by atoms with Gasteiger partial charge in [0.05, 0.1) is 28.4 Å². The number of hydrogen-bond donors (Lipinski definition) is 1. The largest absolute Gasteiger partial charge is 0.497 e. The first-order valence-electron chi connectivity index (χ1n) is 8.59. The van der Waals surface area contributed by atoms with Crippen molar-refractivity contribution in [3.05, 3.63) is 59.7 Å². The number of hydrogen-bond acceptors (Lipinski definition) is 5. The Morgan fingerprint density at radius 2 is 1.78 bits per heavy atom. The van der Waals surface area contributed by atoms with Crippen molar-refractivity contribution in [1.29, 1.82) is 0 Å². The van der Waals surface area contributed by atoms with Crippen LogP contribution in [0.15, 0.2) is 53.4 Å². The number of rotatable bonds is 9. The van der Waals surface area contributed by atoms with Crippen molar-refractivity contribution in [2.45, 2.75) is 18.2 Å². The second-order valence-electron chi connectivity index (χ2n) is 5.65. The third kappa shape index (κ3) is 6.21. The Balaban J connectivity index is 1.80. The summed E-state index contributed by atoms with van der Waals surface area (Å²) in [6.45, 7) is 1.82. The van der Waals surface area contributed by atoms with Crippen LogP contribution in [0.2, 0.25) is 0 Å². The minimum atomic E-state index is -1.28. The smallest absolute Gasteiger partial charge is 0.339 e. The highest BCUT2D eigenvalue weighted by Gasteiger charge is 2.17. The van der Waals surface area contributed by atoms with Crippen LogP contribution in [-0.4, -0.2) is 42.1 Å². The van der Waals surface area contributed by atoms with Crippen LogP contribution in [0, 0.1) is 0 Å². The van der Waals surface area contributed by atoms with E-state index in [1.165, 1.54) is 0 Å². The van der Waals surface area contributed by atoms with E-state index in [2.05, 4.69) is 5.32 Å². The van der Waals surface area contributed by atoms with Gasteiger partial charge in [-0.3, -0.25) is 9.00 Å². The molecule has 1 N–H and O–H groups in total. The summed E-state index contributed by atoms with van der Waals surface area (Å²) in [5.41, 5.74) is 1.28. The molecule has 0 aliphatic rings. The summed E-state index contributed by atoms with van der Waals surface area (Å²) in [6, 6.07) is 14.1. The number of esters is 1. The van der Waals surface area contributed by atoms with E-state index in [1.807, 2.05) is 24.3 Å². The Bertz CT molecular complexity index is 804. The van der Waals surface area contributed by atoms with Gasteiger partial charge in [0.15, 0.2) is 6.61 Å². The van der Waals surface area contributed by atoms with Crippen molar-refractivity contribution in [2.24, 2.45) is 0 Å². The molecular weight excluding hydrogens is 366 g/mol. The Hall–Kier alpha value is -2.67. The maximum Gasteiger partial charge on any atom is 0.339 e. The molecule has 0 aromatic heterocycles. The molecule has 144 valence electrons. The van der Waals surface area contributed by atoms with Crippen LogP contribution in [0.25, 0.3) is 0 Å². The molecule has 0 saturated heterocycles. The molecule has 2 aromatic rings. The molecular formula is C20H23NO5S. The summed E-state index contributed by atoms with van der Waals surface area (Å²) >= 11 is 0. The zero-order chi connectivity index (χ0) is 19.6. The minimum absolute atomic E-state index is 0.226. The Morgan fingerprint density at radius 3 is 2.44 bits per heavy atom. The first kappa shape index (κ1) is 20.6. The molecule has 0 aliphatic carbocycles. The number of methoxy groups -OCH3 is 1. The first-order chi connectivity index (χ1) is 13.0. The van der Waals surface area contributed by atoms with Crippen LogP contribution < -0.4 is 10.1 Å². The molecule has 1 amide bonds. The van der Waals surface area contributed by atoms with Gasteiger partial charge in [0.2, 0.25) is 0 Å². The van der Waals surface area contributed by atoms with Gasteiger partial charge in [-0.25, -0.2) is 4.79 Å². The molecule has 0 heterocycles. The van der Waals surface area contributed by atoms with Gasteiger partial charge in [-0.15, -0.1) is 0 Å².